The van der Waals surface area contributed by atoms with E-state index in [9.17, 15) is 0 Å². The van der Waals surface area contributed by atoms with Crippen LogP contribution in [0.15, 0.2) is 36.4 Å². The van der Waals surface area contributed by atoms with Crippen LogP contribution in [0.1, 0.15) is 158 Å². The second kappa shape index (κ2) is 19.9. The normalized spacial score (nSPS) is 14.2. The number of benzene rings is 3. The lowest BCUT2D eigenvalue weighted by atomic mass is 10.0. The largest absolute Gasteiger partial charge is 0.541 e. The Morgan fingerprint density at radius 2 is 0.319 bits per heavy atom. The first-order valence-corrected chi connectivity index (χ1v) is 43.6. The van der Waals surface area contributed by atoms with Gasteiger partial charge < -0.3 is 26.6 Å². The second-order valence-electron chi connectivity index (χ2n) is 29.5. The summed E-state index contributed by atoms with van der Waals surface area (Å²) in [4.78, 5) is 0. The van der Waals surface area contributed by atoms with Crippen molar-refractivity contribution in [3.05, 3.63) is 69.8 Å². The molecule has 0 aliphatic heterocycles. The molecule has 3 aromatic rings. The molecule has 0 unspecified atom stereocenters. The molecule has 396 valence electrons. The standard InChI is InChI=1S/C60H96O6Si6/c1-55(2,3)67(19,20)61-49-37-43-31-32-45-39-51(63-69(23,24)57(7,8)9)53(65-71(27,28)59(13,14)15)41-47(45)35-36-48-42-54(66-72(29,30)60(16,17)18)52(64-70(25,26)58(10,11)12)40-46(48)34-33-44(43)38-50(49)62-68(21,22)56(4,5)6/h37-42H,1-30H3. The van der Waals surface area contributed by atoms with E-state index in [1.165, 1.54) is 0 Å². The van der Waals surface area contributed by atoms with Crippen LogP contribution in [0.2, 0.25) is 109 Å². The van der Waals surface area contributed by atoms with Crippen molar-refractivity contribution < 1.29 is 26.6 Å². The van der Waals surface area contributed by atoms with Crippen LogP contribution in [0.5, 0.6) is 34.5 Å². The van der Waals surface area contributed by atoms with E-state index < -0.39 is 49.9 Å². The van der Waals surface area contributed by atoms with Crippen LogP contribution < -0.4 is 26.6 Å². The van der Waals surface area contributed by atoms with Gasteiger partial charge in [-0.25, -0.2) is 0 Å². The minimum absolute atomic E-state index is 0.0635. The zero-order valence-electron chi connectivity index (χ0n) is 50.9. The minimum atomic E-state index is -2.37. The predicted molar refractivity (Wildman–Crippen MR) is 324 cm³/mol. The highest BCUT2D eigenvalue weighted by Gasteiger charge is 2.46. The first-order chi connectivity index (χ1) is 31.9. The van der Waals surface area contributed by atoms with Crippen LogP contribution in [0, 0.1) is 35.5 Å². The van der Waals surface area contributed by atoms with E-state index >= 15 is 0 Å². The number of rotatable bonds is 12. The summed E-state index contributed by atoms with van der Waals surface area (Å²) < 4.78 is 43.4. The van der Waals surface area contributed by atoms with Crippen LogP contribution in [0.3, 0.4) is 0 Å². The van der Waals surface area contributed by atoms with E-state index in [4.69, 9.17) is 26.6 Å². The highest BCUT2D eigenvalue weighted by molar-refractivity contribution is 6.77. The fourth-order valence-corrected chi connectivity index (χ4v) is 11.8. The van der Waals surface area contributed by atoms with Crippen molar-refractivity contribution in [3.63, 3.8) is 0 Å². The van der Waals surface area contributed by atoms with Crippen molar-refractivity contribution in [2.45, 2.75) is 233 Å². The van der Waals surface area contributed by atoms with Gasteiger partial charge in [0.05, 0.1) is 0 Å². The zero-order valence-corrected chi connectivity index (χ0v) is 56.9. The van der Waals surface area contributed by atoms with Crippen molar-refractivity contribution in [1.29, 1.82) is 0 Å². The van der Waals surface area contributed by atoms with Crippen LogP contribution >= 0.6 is 0 Å². The Balaban J connectivity index is 2.32. The minimum Gasteiger partial charge on any atom is -0.541 e. The second-order valence-corrected chi connectivity index (χ2v) is 57.8. The summed E-state index contributed by atoms with van der Waals surface area (Å²) in [6, 6.07) is 12.4. The summed E-state index contributed by atoms with van der Waals surface area (Å²) >= 11 is 0. The highest BCUT2D eigenvalue weighted by atomic mass is 28.4. The molecule has 0 spiro atoms. The molecule has 0 radical (unpaired) electrons. The summed E-state index contributed by atoms with van der Waals surface area (Å²) in [7, 11) is -14.2. The van der Waals surface area contributed by atoms with E-state index in [2.05, 4.69) is 275 Å². The Morgan fingerprint density at radius 1 is 0.222 bits per heavy atom. The quantitative estimate of drug-likeness (QED) is 0.104. The Bertz CT molecular complexity index is 2250. The molecule has 0 N–H and O–H groups in total. The van der Waals surface area contributed by atoms with E-state index in [-0.39, 0.29) is 30.2 Å². The number of hydrogen-bond donors (Lipinski definition) is 0. The van der Waals surface area contributed by atoms with Crippen molar-refractivity contribution in [2.24, 2.45) is 0 Å². The van der Waals surface area contributed by atoms with Crippen molar-refractivity contribution >= 4 is 49.9 Å². The van der Waals surface area contributed by atoms with Gasteiger partial charge in [-0.05, 0) is 145 Å². The molecule has 0 aromatic heterocycles. The van der Waals surface area contributed by atoms with Crippen molar-refractivity contribution in [2.75, 3.05) is 0 Å². The fourth-order valence-electron chi connectivity index (χ4n) is 5.75. The van der Waals surface area contributed by atoms with Crippen LogP contribution in [-0.2, 0) is 0 Å². The maximum absolute atomic E-state index is 7.23. The van der Waals surface area contributed by atoms with Gasteiger partial charge in [-0.3, -0.25) is 0 Å². The molecule has 1 aliphatic carbocycles. The van der Waals surface area contributed by atoms with Gasteiger partial charge in [0, 0.05) is 33.4 Å². The van der Waals surface area contributed by atoms with Crippen LogP contribution in [0.4, 0.5) is 0 Å². The lowest BCUT2D eigenvalue weighted by molar-refractivity contribution is 0.440. The van der Waals surface area contributed by atoms with Gasteiger partial charge in [-0.1, -0.05) is 160 Å². The van der Waals surface area contributed by atoms with E-state index in [0.717, 1.165) is 33.4 Å². The molecule has 0 amide bonds. The maximum atomic E-state index is 7.23. The Kier molecular flexibility index (Phi) is 16.8. The summed E-state index contributed by atoms with van der Waals surface area (Å²) in [6.07, 6.45) is 0. The zero-order chi connectivity index (χ0) is 55.7. The Labute approximate surface area is 447 Å². The van der Waals surface area contributed by atoms with Gasteiger partial charge >= 0.3 is 0 Å². The van der Waals surface area contributed by atoms with Gasteiger partial charge in [0.1, 0.15) is 34.5 Å². The lowest BCUT2D eigenvalue weighted by Gasteiger charge is -2.40. The molecule has 0 bridgehead atoms. The smallest absolute Gasteiger partial charge is 0.250 e. The molecule has 0 saturated carbocycles. The number of hydrogen-bond acceptors (Lipinski definition) is 6. The molecular weight excluding hydrogens is 985 g/mol. The monoisotopic (exact) mass is 1080 g/mol. The number of fused-ring (bicyclic) bond motifs is 3. The third-order valence-electron chi connectivity index (χ3n) is 17.3. The molecular formula is C60H96O6Si6. The third kappa shape index (κ3) is 13.8. The first kappa shape index (κ1) is 61.0. The maximum Gasteiger partial charge on any atom is 0.250 e. The SMILES string of the molecule is CC(C)(C)[Si](C)(C)Oc1cc2c(cc1O[Si](C)(C)C(C)(C)C)C#Cc1cc(O[Si](C)(C)C(C)(C)C)c(O[Si](C)(C)C(C)(C)C)cc1C#Cc1cc(O[Si](C)(C)C(C)(C)C)c(O[Si](C)(C)C(C)(C)C)cc1C#C2. The molecule has 0 fully saturated rings. The lowest BCUT2D eigenvalue weighted by Crippen LogP contribution is -2.45. The van der Waals surface area contributed by atoms with Gasteiger partial charge in [0.2, 0.25) is 0 Å². The fraction of sp³-hybridized carbons (Fsp3) is 0.600. The molecule has 1 aliphatic rings. The molecule has 3 aromatic carbocycles. The van der Waals surface area contributed by atoms with E-state index in [0.29, 0.717) is 34.5 Å². The van der Waals surface area contributed by atoms with Gasteiger partial charge in [-0.15, -0.1) is 0 Å². The predicted octanol–water partition coefficient (Wildman–Crippen LogP) is 18.5. The summed E-state index contributed by atoms with van der Waals surface area (Å²) in [5, 5.41) is -0.381. The summed E-state index contributed by atoms with van der Waals surface area (Å²) in [5.74, 6) is 26.0. The van der Waals surface area contributed by atoms with Crippen LogP contribution in [0.25, 0.3) is 0 Å². The highest BCUT2D eigenvalue weighted by Crippen LogP contribution is 2.48. The first-order valence-electron chi connectivity index (χ1n) is 26.2. The van der Waals surface area contributed by atoms with E-state index in [1.807, 2.05) is 0 Å². The Morgan fingerprint density at radius 3 is 0.403 bits per heavy atom. The molecule has 6 nitrogen and oxygen atoms in total. The van der Waals surface area contributed by atoms with Gasteiger partial charge in [-0.2, -0.15) is 0 Å². The molecule has 0 atom stereocenters. The summed E-state index contributed by atoms with van der Waals surface area (Å²) in [5.41, 5.74) is 4.44. The van der Waals surface area contributed by atoms with Crippen molar-refractivity contribution in [1.82, 2.24) is 0 Å². The average molecular weight is 1080 g/mol. The molecule has 12 heteroatoms. The topological polar surface area (TPSA) is 55.4 Å². The average Bonchev–Trinajstić information content (AvgIpc) is 3.14. The molecule has 72 heavy (non-hydrogen) atoms. The van der Waals surface area contributed by atoms with Crippen molar-refractivity contribution in [3.8, 4) is 70.0 Å². The summed E-state index contributed by atoms with van der Waals surface area (Å²) in [6.45, 7) is 68.1. The van der Waals surface area contributed by atoms with E-state index in [1.54, 1.807) is 0 Å². The molecule has 4 rings (SSSR count). The van der Waals surface area contributed by atoms with Crippen LogP contribution in [-0.4, -0.2) is 49.9 Å². The molecule has 0 heterocycles. The molecule has 0 saturated heterocycles. The Hall–Kier alpha value is -3.56. The third-order valence-corrected chi connectivity index (χ3v) is 43.3. The van der Waals surface area contributed by atoms with Gasteiger partial charge in [0.15, 0.2) is 0 Å². The van der Waals surface area contributed by atoms with Gasteiger partial charge in [0.25, 0.3) is 49.9 Å².